The highest BCUT2D eigenvalue weighted by Crippen LogP contribution is 2.24. The number of aromatic nitrogens is 2. The predicted octanol–water partition coefficient (Wildman–Crippen LogP) is 2.86. The summed E-state index contributed by atoms with van der Waals surface area (Å²) in [5.41, 5.74) is 1.42. The molecule has 3 aromatic rings. The van der Waals surface area contributed by atoms with Crippen molar-refractivity contribution in [2.24, 2.45) is 0 Å². The summed E-state index contributed by atoms with van der Waals surface area (Å²) in [6.07, 6.45) is 0.903. The third kappa shape index (κ3) is 6.00. The molecule has 0 atom stereocenters. The molecule has 1 aromatic heterocycles. The number of hydrogen-bond acceptors (Lipinski definition) is 8. The molecule has 11 heteroatoms. The maximum Gasteiger partial charge on any atom is 0.274 e. The SMILES string of the molecule is COc1ccc(NC(=O)c2c(CCOS(C)(=O)=O)c(C(C)=O)nn2-c2ccc(OC)cc2)cc1. The molecule has 0 aliphatic heterocycles. The minimum absolute atomic E-state index is 0.0243. The molecule has 180 valence electrons. The van der Waals surface area contributed by atoms with Crippen molar-refractivity contribution in [3.8, 4) is 17.2 Å². The topological polar surface area (TPSA) is 126 Å². The van der Waals surface area contributed by atoms with Gasteiger partial charge in [-0.2, -0.15) is 13.5 Å². The van der Waals surface area contributed by atoms with Crippen LogP contribution in [0.3, 0.4) is 0 Å². The summed E-state index contributed by atoms with van der Waals surface area (Å²) in [6.45, 7) is 1.07. The van der Waals surface area contributed by atoms with Gasteiger partial charge in [0.25, 0.3) is 16.0 Å². The van der Waals surface area contributed by atoms with E-state index in [2.05, 4.69) is 10.4 Å². The molecule has 0 saturated carbocycles. The summed E-state index contributed by atoms with van der Waals surface area (Å²) in [5.74, 6) is 0.322. The van der Waals surface area contributed by atoms with Crippen molar-refractivity contribution in [2.75, 3.05) is 32.4 Å². The molecule has 1 amide bonds. The van der Waals surface area contributed by atoms with Gasteiger partial charge in [-0.25, -0.2) is 4.68 Å². The Morgan fingerprint density at radius 3 is 2.03 bits per heavy atom. The van der Waals surface area contributed by atoms with Gasteiger partial charge in [0.1, 0.15) is 22.9 Å². The van der Waals surface area contributed by atoms with Gasteiger partial charge in [0, 0.05) is 24.6 Å². The van der Waals surface area contributed by atoms with Gasteiger partial charge >= 0.3 is 0 Å². The number of nitrogens with one attached hydrogen (secondary N) is 1. The zero-order chi connectivity index (χ0) is 24.9. The van der Waals surface area contributed by atoms with Gasteiger partial charge < -0.3 is 14.8 Å². The molecular formula is C23H25N3O7S. The third-order valence-corrected chi connectivity index (χ3v) is 5.44. The smallest absolute Gasteiger partial charge is 0.274 e. The maximum absolute atomic E-state index is 13.4. The monoisotopic (exact) mass is 487 g/mol. The van der Waals surface area contributed by atoms with Crippen molar-refractivity contribution in [2.45, 2.75) is 13.3 Å². The molecule has 0 saturated heterocycles. The molecule has 0 spiro atoms. The lowest BCUT2D eigenvalue weighted by Crippen LogP contribution is -2.19. The van der Waals surface area contributed by atoms with Crippen LogP contribution >= 0.6 is 0 Å². The van der Waals surface area contributed by atoms with Crippen LogP contribution in [0, 0.1) is 0 Å². The molecule has 10 nitrogen and oxygen atoms in total. The zero-order valence-corrected chi connectivity index (χ0v) is 20.0. The number of amides is 1. The van der Waals surface area contributed by atoms with E-state index in [0.717, 1.165) is 6.26 Å². The Balaban J connectivity index is 2.08. The number of Topliss-reactive ketones (excluding diaryl/α,β-unsaturated/α-hetero) is 1. The Kier molecular flexibility index (Phi) is 7.69. The first-order valence-electron chi connectivity index (χ1n) is 10.2. The van der Waals surface area contributed by atoms with Crippen LogP contribution in [0.4, 0.5) is 5.69 Å². The Labute approximate surface area is 197 Å². The highest BCUT2D eigenvalue weighted by Gasteiger charge is 2.27. The summed E-state index contributed by atoms with van der Waals surface area (Å²) in [4.78, 5) is 25.8. The fourth-order valence-corrected chi connectivity index (χ4v) is 3.66. The second kappa shape index (κ2) is 10.5. The quantitative estimate of drug-likeness (QED) is 0.342. The van der Waals surface area contributed by atoms with Crippen molar-refractivity contribution in [1.29, 1.82) is 0 Å². The van der Waals surface area contributed by atoms with E-state index < -0.39 is 16.0 Å². The first kappa shape index (κ1) is 24.9. The van der Waals surface area contributed by atoms with Gasteiger partial charge in [0.05, 0.1) is 32.8 Å². The minimum atomic E-state index is -3.71. The number of carbonyl (C=O) groups is 2. The van der Waals surface area contributed by atoms with Crippen molar-refractivity contribution in [3.05, 3.63) is 65.5 Å². The lowest BCUT2D eigenvalue weighted by molar-refractivity contribution is 0.100. The second-order valence-corrected chi connectivity index (χ2v) is 8.94. The van der Waals surface area contributed by atoms with Gasteiger partial charge in [-0.3, -0.25) is 13.8 Å². The lowest BCUT2D eigenvalue weighted by atomic mass is 10.1. The molecule has 0 bridgehead atoms. The zero-order valence-electron chi connectivity index (χ0n) is 19.2. The number of methoxy groups -OCH3 is 2. The molecule has 1 N–H and O–H groups in total. The van der Waals surface area contributed by atoms with E-state index in [9.17, 15) is 18.0 Å². The largest absolute Gasteiger partial charge is 0.497 e. The van der Waals surface area contributed by atoms with Crippen molar-refractivity contribution in [3.63, 3.8) is 0 Å². The van der Waals surface area contributed by atoms with E-state index in [1.54, 1.807) is 48.5 Å². The fourth-order valence-electron chi connectivity index (χ4n) is 3.27. The Morgan fingerprint density at radius 2 is 1.53 bits per heavy atom. The first-order chi connectivity index (χ1) is 16.1. The summed E-state index contributed by atoms with van der Waals surface area (Å²) < 4.78 is 39.4. The van der Waals surface area contributed by atoms with Gasteiger partial charge in [-0.1, -0.05) is 0 Å². The van der Waals surface area contributed by atoms with E-state index >= 15 is 0 Å². The Bertz CT molecular complexity index is 1280. The average Bonchev–Trinajstić information content (AvgIpc) is 3.18. The summed E-state index contributed by atoms with van der Waals surface area (Å²) in [6, 6.07) is 13.5. The van der Waals surface area contributed by atoms with Gasteiger partial charge in [-0.05, 0) is 48.5 Å². The third-order valence-electron chi connectivity index (χ3n) is 4.85. The summed E-state index contributed by atoms with van der Waals surface area (Å²) >= 11 is 0. The number of ketones is 1. The average molecular weight is 488 g/mol. The molecule has 0 unspecified atom stereocenters. The van der Waals surface area contributed by atoms with Crippen molar-refractivity contribution >= 4 is 27.5 Å². The van der Waals surface area contributed by atoms with Crippen LogP contribution in [-0.4, -0.2) is 57.0 Å². The molecular weight excluding hydrogens is 462 g/mol. The molecule has 0 aliphatic carbocycles. The highest BCUT2D eigenvalue weighted by atomic mass is 32.2. The van der Waals surface area contributed by atoms with E-state index in [-0.39, 0.29) is 35.8 Å². The summed E-state index contributed by atoms with van der Waals surface area (Å²) in [5, 5.41) is 7.17. The Morgan fingerprint density at radius 1 is 0.971 bits per heavy atom. The molecule has 0 aliphatic rings. The highest BCUT2D eigenvalue weighted by molar-refractivity contribution is 7.85. The predicted molar refractivity (Wildman–Crippen MR) is 126 cm³/mol. The second-order valence-electron chi connectivity index (χ2n) is 7.30. The number of hydrogen-bond donors (Lipinski definition) is 1. The number of anilines is 1. The van der Waals surface area contributed by atoms with Crippen LogP contribution < -0.4 is 14.8 Å². The van der Waals surface area contributed by atoms with E-state index in [1.165, 1.54) is 25.8 Å². The fraction of sp³-hybridized carbons (Fsp3) is 0.261. The van der Waals surface area contributed by atoms with Crippen molar-refractivity contribution in [1.82, 2.24) is 9.78 Å². The molecule has 2 aromatic carbocycles. The maximum atomic E-state index is 13.4. The van der Waals surface area contributed by atoms with E-state index in [4.69, 9.17) is 13.7 Å². The van der Waals surface area contributed by atoms with Crippen LogP contribution in [-0.2, 0) is 20.7 Å². The van der Waals surface area contributed by atoms with E-state index in [0.29, 0.717) is 22.9 Å². The van der Waals surface area contributed by atoms with E-state index in [1.807, 2.05) is 0 Å². The normalized spacial score (nSPS) is 11.2. The van der Waals surface area contributed by atoms with Crippen LogP contribution in [0.1, 0.15) is 33.5 Å². The van der Waals surface area contributed by atoms with Crippen LogP contribution in [0.2, 0.25) is 0 Å². The molecule has 0 radical (unpaired) electrons. The summed E-state index contributed by atoms with van der Waals surface area (Å²) in [7, 11) is -0.638. The minimum Gasteiger partial charge on any atom is -0.497 e. The number of ether oxygens (including phenoxy) is 2. The van der Waals surface area contributed by atoms with Crippen LogP contribution in [0.5, 0.6) is 11.5 Å². The number of carbonyl (C=O) groups excluding carboxylic acids is 2. The van der Waals surface area contributed by atoms with Gasteiger partial charge in [-0.15, -0.1) is 0 Å². The van der Waals surface area contributed by atoms with Crippen LogP contribution in [0.25, 0.3) is 5.69 Å². The first-order valence-corrected chi connectivity index (χ1v) is 12.0. The number of benzene rings is 2. The standard InChI is InChI=1S/C23H25N3O7S/c1-15(27)21-20(13-14-33-34(4,29)30)22(23(28)24-16-5-9-18(31-2)10-6-16)26(25-21)17-7-11-19(32-3)12-8-17/h5-12H,13-14H2,1-4H3,(H,24,28). The lowest BCUT2D eigenvalue weighted by Gasteiger charge is -2.12. The van der Waals surface area contributed by atoms with Crippen molar-refractivity contribution < 1.29 is 31.7 Å². The Hall–Kier alpha value is -3.70. The molecule has 34 heavy (non-hydrogen) atoms. The van der Waals surface area contributed by atoms with Gasteiger partial charge in [0.15, 0.2) is 5.78 Å². The number of rotatable bonds is 10. The molecule has 0 fully saturated rings. The number of nitrogens with zero attached hydrogens (tertiary/aromatic N) is 2. The molecule has 1 heterocycles. The van der Waals surface area contributed by atoms with Gasteiger partial charge in [0.2, 0.25) is 0 Å². The van der Waals surface area contributed by atoms with Crippen LogP contribution in [0.15, 0.2) is 48.5 Å². The molecule has 3 rings (SSSR count).